The molecule has 2 atom stereocenters. The van der Waals surface area contributed by atoms with Crippen molar-refractivity contribution in [1.29, 1.82) is 0 Å². The SMILES string of the molecule is CCC(C)(OC)C(=O)N1Cc2ccccc2NC(=O)C1C. The molecule has 5 heteroatoms. The number of rotatable bonds is 3. The standard InChI is InChI=1S/C16H22N2O3/c1-5-16(3,21-4)15(20)18-10-12-8-6-7-9-13(12)17-14(19)11(18)2/h6-9,11H,5,10H2,1-4H3,(H,17,19). The molecule has 2 amide bonds. The Morgan fingerprint density at radius 3 is 2.76 bits per heavy atom. The molecule has 2 unspecified atom stereocenters. The first-order valence-corrected chi connectivity index (χ1v) is 7.18. The largest absolute Gasteiger partial charge is 0.369 e. The second-order valence-electron chi connectivity index (χ2n) is 5.54. The molecule has 0 saturated carbocycles. The zero-order chi connectivity index (χ0) is 15.6. The van der Waals surface area contributed by atoms with E-state index in [1.807, 2.05) is 31.2 Å². The molecule has 1 aliphatic heterocycles. The van der Waals surface area contributed by atoms with Crippen molar-refractivity contribution in [2.24, 2.45) is 0 Å². The van der Waals surface area contributed by atoms with Gasteiger partial charge in [0.05, 0.1) is 0 Å². The number of nitrogens with one attached hydrogen (secondary N) is 1. The van der Waals surface area contributed by atoms with Crippen LogP contribution in [0.2, 0.25) is 0 Å². The number of carbonyl (C=O) groups excluding carboxylic acids is 2. The van der Waals surface area contributed by atoms with Crippen LogP contribution in [0.15, 0.2) is 24.3 Å². The number of ether oxygens (including phenoxy) is 1. The van der Waals surface area contributed by atoms with E-state index in [0.717, 1.165) is 11.3 Å². The molecular formula is C16H22N2O3. The Morgan fingerprint density at radius 2 is 2.14 bits per heavy atom. The first-order chi connectivity index (χ1) is 9.92. The van der Waals surface area contributed by atoms with Crippen molar-refractivity contribution >= 4 is 17.5 Å². The second kappa shape index (κ2) is 5.85. The highest BCUT2D eigenvalue weighted by atomic mass is 16.5. The maximum Gasteiger partial charge on any atom is 0.255 e. The van der Waals surface area contributed by atoms with Crippen LogP contribution in [0.3, 0.4) is 0 Å². The lowest BCUT2D eigenvalue weighted by atomic mass is 10.00. The number of fused-ring (bicyclic) bond motifs is 1. The summed E-state index contributed by atoms with van der Waals surface area (Å²) in [5.41, 5.74) is 0.784. The predicted molar refractivity (Wildman–Crippen MR) is 80.8 cm³/mol. The number of hydrogen-bond acceptors (Lipinski definition) is 3. The van der Waals surface area contributed by atoms with Crippen molar-refractivity contribution in [3.63, 3.8) is 0 Å². The van der Waals surface area contributed by atoms with Crippen LogP contribution in [-0.2, 0) is 20.9 Å². The van der Waals surface area contributed by atoms with E-state index in [2.05, 4.69) is 5.32 Å². The average Bonchev–Trinajstić information content (AvgIpc) is 2.63. The third-order valence-electron chi connectivity index (χ3n) is 4.30. The van der Waals surface area contributed by atoms with E-state index < -0.39 is 11.6 Å². The number of benzene rings is 1. The molecule has 1 aromatic rings. The van der Waals surface area contributed by atoms with Crippen LogP contribution in [0, 0.1) is 0 Å². The molecule has 0 aromatic heterocycles. The van der Waals surface area contributed by atoms with Gasteiger partial charge in [-0.15, -0.1) is 0 Å². The van der Waals surface area contributed by atoms with E-state index in [-0.39, 0.29) is 11.8 Å². The smallest absolute Gasteiger partial charge is 0.255 e. The van der Waals surface area contributed by atoms with E-state index in [4.69, 9.17) is 4.74 Å². The number of para-hydroxylation sites is 1. The number of hydrogen-bond donors (Lipinski definition) is 1. The van der Waals surface area contributed by atoms with Crippen molar-refractivity contribution in [3.05, 3.63) is 29.8 Å². The first-order valence-electron chi connectivity index (χ1n) is 7.18. The molecular weight excluding hydrogens is 268 g/mol. The molecule has 5 nitrogen and oxygen atoms in total. The van der Waals surface area contributed by atoms with Gasteiger partial charge in [-0.2, -0.15) is 0 Å². The summed E-state index contributed by atoms with van der Waals surface area (Å²) in [4.78, 5) is 26.7. The molecule has 0 fully saturated rings. The highest BCUT2D eigenvalue weighted by Gasteiger charge is 2.40. The van der Waals surface area contributed by atoms with Crippen LogP contribution in [-0.4, -0.2) is 35.5 Å². The van der Waals surface area contributed by atoms with Gasteiger partial charge in [0.2, 0.25) is 5.91 Å². The van der Waals surface area contributed by atoms with Crippen molar-refractivity contribution in [2.75, 3.05) is 12.4 Å². The topological polar surface area (TPSA) is 58.6 Å². The van der Waals surface area contributed by atoms with Gasteiger partial charge in [-0.1, -0.05) is 25.1 Å². The van der Waals surface area contributed by atoms with Gasteiger partial charge in [0, 0.05) is 19.3 Å². The maximum atomic E-state index is 12.8. The van der Waals surface area contributed by atoms with Crippen LogP contribution < -0.4 is 5.32 Å². The van der Waals surface area contributed by atoms with E-state index in [0.29, 0.717) is 13.0 Å². The van der Waals surface area contributed by atoms with E-state index in [1.165, 1.54) is 7.11 Å². The highest BCUT2D eigenvalue weighted by Crippen LogP contribution is 2.27. The Kier molecular flexibility index (Phi) is 4.32. The molecule has 1 heterocycles. The van der Waals surface area contributed by atoms with Gasteiger partial charge in [-0.3, -0.25) is 9.59 Å². The van der Waals surface area contributed by atoms with Crippen molar-refractivity contribution in [1.82, 2.24) is 4.90 Å². The number of carbonyl (C=O) groups is 2. The maximum absolute atomic E-state index is 12.8. The minimum absolute atomic E-state index is 0.160. The van der Waals surface area contributed by atoms with Crippen LogP contribution >= 0.6 is 0 Å². The average molecular weight is 290 g/mol. The van der Waals surface area contributed by atoms with Gasteiger partial charge in [0.25, 0.3) is 5.91 Å². The molecule has 2 rings (SSSR count). The molecule has 114 valence electrons. The van der Waals surface area contributed by atoms with Gasteiger partial charge < -0.3 is 15.0 Å². The Hall–Kier alpha value is -1.88. The number of anilines is 1. The summed E-state index contributed by atoms with van der Waals surface area (Å²) in [5.74, 6) is -0.338. The van der Waals surface area contributed by atoms with E-state index >= 15 is 0 Å². The summed E-state index contributed by atoms with van der Waals surface area (Å²) >= 11 is 0. The van der Waals surface area contributed by atoms with Crippen LogP contribution in [0.25, 0.3) is 0 Å². The minimum atomic E-state index is -0.909. The summed E-state index contributed by atoms with van der Waals surface area (Å²) < 4.78 is 5.39. The van der Waals surface area contributed by atoms with Crippen molar-refractivity contribution < 1.29 is 14.3 Å². The molecule has 0 aliphatic carbocycles. The fraction of sp³-hybridized carbons (Fsp3) is 0.500. The van der Waals surface area contributed by atoms with Crippen LogP contribution in [0.5, 0.6) is 0 Å². The zero-order valence-electron chi connectivity index (χ0n) is 13.0. The molecule has 0 radical (unpaired) electrons. The lowest BCUT2D eigenvalue weighted by Crippen LogP contribution is -2.53. The van der Waals surface area contributed by atoms with Gasteiger partial charge in [-0.05, 0) is 31.9 Å². The van der Waals surface area contributed by atoms with E-state index in [9.17, 15) is 9.59 Å². The van der Waals surface area contributed by atoms with Gasteiger partial charge >= 0.3 is 0 Å². The lowest BCUT2D eigenvalue weighted by molar-refractivity contribution is -0.158. The predicted octanol–water partition coefficient (Wildman–Crippen LogP) is 2.17. The number of methoxy groups -OCH3 is 1. The normalized spacial score (nSPS) is 21.0. The molecule has 1 aromatic carbocycles. The summed E-state index contributed by atoms with van der Waals surface area (Å²) in [6.45, 7) is 5.80. The Bertz CT molecular complexity index is 552. The summed E-state index contributed by atoms with van der Waals surface area (Å²) in [6.07, 6.45) is 0.550. The fourth-order valence-corrected chi connectivity index (χ4v) is 2.41. The first kappa shape index (κ1) is 15.5. The van der Waals surface area contributed by atoms with Crippen molar-refractivity contribution in [3.8, 4) is 0 Å². The number of amides is 2. The third-order valence-corrected chi connectivity index (χ3v) is 4.30. The van der Waals surface area contributed by atoms with Crippen LogP contribution in [0.4, 0.5) is 5.69 Å². The van der Waals surface area contributed by atoms with Crippen LogP contribution in [0.1, 0.15) is 32.8 Å². The quantitative estimate of drug-likeness (QED) is 0.928. The van der Waals surface area contributed by atoms with Gasteiger partial charge in [0.15, 0.2) is 0 Å². The highest BCUT2D eigenvalue weighted by molar-refractivity contribution is 5.99. The molecule has 0 saturated heterocycles. The zero-order valence-corrected chi connectivity index (χ0v) is 13.0. The van der Waals surface area contributed by atoms with Gasteiger partial charge in [0.1, 0.15) is 11.6 Å². The Labute approximate surface area is 125 Å². The van der Waals surface area contributed by atoms with Gasteiger partial charge in [-0.25, -0.2) is 0 Å². The Morgan fingerprint density at radius 1 is 1.48 bits per heavy atom. The number of nitrogens with zero attached hydrogens (tertiary/aromatic N) is 1. The molecule has 1 aliphatic rings. The minimum Gasteiger partial charge on any atom is -0.369 e. The second-order valence-corrected chi connectivity index (χ2v) is 5.54. The monoisotopic (exact) mass is 290 g/mol. The Balaban J connectivity index is 2.39. The lowest BCUT2D eigenvalue weighted by Gasteiger charge is -2.34. The van der Waals surface area contributed by atoms with E-state index in [1.54, 1.807) is 18.7 Å². The summed E-state index contributed by atoms with van der Waals surface area (Å²) in [7, 11) is 1.53. The van der Waals surface area contributed by atoms with Crippen molar-refractivity contribution in [2.45, 2.75) is 45.4 Å². The molecule has 0 bridgehead atoms. The fourth-order valence-electron chi connectivity index (χ4n) is 2.41. The molecule has 0 spiro atoms. The summed E-state index contributed by atoms with van der Waals surface area (Å²) in [5, 5.41) is 2.87. The summed E-state index contributed by atoms with van der Waals surface area (Å²) in [6, 6.07) is 7.00. The molecule has 21 heavy (non-hydrogen) atoms. The molecule has 1 N–H and O–H groups in total. The third kappa shape index (κ3) is 2.78.